The number of hydrogen-bond donors (Lipinski definition) is 1. The van der Waals surface area contributed by atoms with Crippen LogP contribution in [-0.4, -0.2) is 38.3 Å². The zero-order chi connectivity index (χ0) is 20.6. The topological polar surface area (TPSA) is 75.7 Å². The van der Waals surface area contributed by atoms with Crippen LogP contribution in [0.4, 0.5) is 5.69 Å². The first-order valence-electron chi connectivity index (χ1n) is 9.01. The third-order valence-electron chi connectivity index (χ3n) is 3.96. The summed E-state index contributed by atoms with van der Waals surface area (Å²) in [5, 5.41) is 2.62. The van der Waals surface area contributed by atoms with Gasteiger partial charge in [-0.25, -0.2) is 8.42 Å². The molecule has 150 valence electrons. The number of aryl methyl sites for hydroxylation is 1. The van der Waals surface area contributed by atoms with Crippen molar-refractivity contribution in [2.24, 2.45) is 0 Å². The van der Waals surface area contributed by atoms with E-state index in [1.165, 1.54) is 23.4 Å². The Morgan fingerprint density at radius 3 is 2.54 bits per heavy atom. The summed E-state index contributed by atoms with van der Waals surface area (Å²) < 4.78 is 32.9. The summed E-state index contributed by atoms with van der Waals surface area (Å²) in [6.07, 6.45) is 2.11. The van der Waals surface area contributed by atoms with Crippen LogP contribution in [0.25, 0.3) is 0 Å². The van der Waals surface area contributed by atoms with Crippen molar-refractivity contribution in [2.75, 3.05) is 25.0 Å². The van der Waals surface area contributed by atoms with Gasteiger partial charge in [-0.1, -0.05) is 18.2 Å². The van der Waals surface area contributed by atoms with Crippen LogP contribution in [0.5, 0.6) is 5.75 Å². The monoisotopic (exact) mass is 402 g/mol. The number of carbonyl (C=O) groups is 1. The van der Waals surface area contributed by atoms with Crippen LogP contribution in [0, 0.1) is 6.92 Å². The number of nitrogens with one attached hydrogen (secondary N) is 1. The minimum Gasteiger partial charge on any atom is -0.494 e. The van der Waals surface area contributed by atoms with E-state index in [0.29, 0.717) is 25.3 Å². The maximum atomic E-state index is 12.9. The molecule has 0 unspecified atom stereocenters. The second kappa shape index (κ2) is 10.1. The molecule has 28 heavy (non-hydrogen) atoms. The molecular formula is C21H26N2O4S. The van der Waals surface area contributed by atoms with E-state index >= 15 is 0 Å². The standard InChI is InChI=1S/C21H26N2O4S/c1-4-13-23(14-6-15-27-20-8-5-7-17(2)16-20)28(25,26)21-11-9-19(10-12-21)22-18(3)24/h4-5,7-12,16H,1,6,13-15H2,2-3H3,(H,22,24). The van der Waals surface area contributed by atoms with Crippen molar-refractivity contribution in [1.82, 2.24) is 4.31 Å². The summed E-state index contributed by atoms with van der Waals surface area (Å²) in [6, 6.07) is 13.8. The first-order chi connectivity index (χ1) is 13.3. The van der Waals surface area contributed by atoms with E-state index < -0.39 is 10.0 Å². The summed E-state index contributed by atoms with van der Waals surface area (Å²) in [5.41, 5.74) is 1.66. The Morgan fingerprint density at radius 2 is 1.93 bits per heavy atom. The number of benzene rings is 2. The molecule has 0 atom stereocenters. The molecule has 2 aromatic rings. The normalized spacial score (nSPS) is 11.2. The van der Waals surface area contributed by atoms with Gasteiger partial charge in [-0.15, -0.1) is 6.58 Å². The molecule has 0 aromatic heterocycles. The lowest BCUT2D eigenvalue weighted by Crippen LogP contribution is -2.33. The number of carbonyl (C=O) groups excluding carboxylic acids is 1. The fourth-order valence-corrected chi connectivity index (χ4v) is 4.10. The molecule has 7 heteroatoms. The summed E-state index contributed by atoms with van der Waals surface area (Å²) in [5.74, 6) is 0.559. The van der Waals surface area contributed by atoms with Gasteiger partial charge in [0.15, 0.2) is 0 Å². The minimum atomic E-state index is -3.67. The molecule has 0 heterocycles. The van der Waals surface area contributed by atoms with Crippen LogP contribution < -0.4 is 10.1 Å². The maximum absolute atomic E-state index is 12.9. The number of hydrogen-bond acceptors (Lipinski definition) is 4. The second-order valence-corrected chi connectivity index (χ2v) is 8.31. The van der Waals surface area contributed by atoms with Gasteiger partial charge in [-0.2, -0.15) is 4.31 Å². The number of amides is 1. The maximum Gasteiger partial charge on any atom is 0.243 e. The van der Waals surface area contributed by atoms with Gasteiger partial charge in [0.1, 0.15) is 5.75 Å². The van der Waals surface area contributed by atoms with Gasteiger partial charge in [-0.3, -0.25) is 4.79 Å². The van der Waals surface area contributed by atoms with Crippen molar-refractivity contribution in [3.8, 4) is 5.75 Å². The highest BCUT2D eigenvalue weighted by molar-refractivity contribution is 7.89. The Labute approximate surface area is 166 Å². The van der Waals surface area contributed by atoms with Crippen LogP contribution in [0.2, 0.25) is 0 Å². The largest absolute Gasteiger partial charge is 0.494 e. The molecule has 1 amide bonds. The molecule has 0 radical (unpaired) electrons. The molecule has 2 rings (SSSR count). The molecule has 1 N–H and O–H groups in total. The van der Waals surface area contributed by atoms with Crippen molar-refractivity contribution in [3.05, 3.63) is 66.7 Å². The van der Waals surface area contributed by atoms with Crippen LogP contribution in [0.15, 0.2) is 66.1 Å². The zero-order valence-electron chi connectivity index (χ0n) is 16.2. The van der Waals surface area contributed by atoms with Gasteiger partial charge in [0.05, 0.1) is 11.5 Å². The van der Waals surface area contributed by atoms with Crippen LogP contribution in [0.3, 0.4) is 0 Å². The van der Waals surface area contributed by atoms with E-state index in [2.05, 4.69) is 11.9 Å². The molecule has 0 aliphatic carbocycles. The highest BCUT2D eigenvalue weighted by Crippen LogP contribution is 2.19. The van der Waals surface area contributed by atoms with Crippen molar-refractivity contribution in [2.45, 2.75) is 25.2 Å². The van der Waals surface area contributed by atoms with Gasteiger partial charge < -0.3 is 10.1 Å². The number of ether oxygens (including phenoxy) is 1. The Balaban J connectivity index is 2.00. The molecule has 0 spiro atoms. The average Bonchev–Trinajstić information content (AvgIpc) is 2.64. The molecule has 0 fully saturated rings. The third kappa shape index (κ3) is 6.21. The number of anilines is 1. The predicted octanol–water partition coefficient (Wildman–Crippen LogP) is 3.60. The van der Waals surface area contributed by atoms with Crippen molar-refractivity contribution in [3.63, 3.8) is 0 Å². The summed E-state index contributed by atoms with van der Waals surface area (Å²) in [6.45, 7) is 7.97. The Kier molecular flexibility index (Phi) is 7.78. The highest BCUT2D eigenvalue weighted by atomic mass is 32.2. The fourth-order valence-electron chi connectivity index (χ4n) is 2.65. The van der Waals surface area contributed by atoms with Gasteiger partial charge >= 0.3 is 0 Å². The smallest absolute Gasteiger partial charge is 0.243 e. The summed E-state index contributed by atoms with van der Waals surface area (Å²) in [7, 11) is -3.67. The summed E-state index contributed by atoms with van der Waals surface area (Å²) in [4.78, 5) is 11.3. The number of sulfonamides is 1. The van der Waals surface area contributed by atoms with Gasteiger partial charge in [0.2, 0.25) is 15.9 Å². The van der Waals surface area contributed by atoms with Gasteiger partial charge in [-0.05, 0) is 55.3 Å². The molecule has 0 saturated carbocycles. The van der Waals surface area contributed by atoms with Gasteiger partial charge in [0, 0.05) is 25.7 Å². The average molecular weight is 403 g/mol. The number of nitrogens with zero attached hydrogens (tertiary/aromatic N) is 1. The molecule has 0 aliphatic rings. The molecular weight excluding hydrogens is 376 g/mol. The molecule has 0 aliphatic heterocycles. The van der Waals surface area contributed by atoms with E-state index in [1.54, 1.807) is 18.2 Å². The van der Waals surface area contributed by atoms with Gasteiger partial charge in [0.25, 0.3) is 0 Å². The molecule has 2 aromatic carbocycles. The SMILES string of the molecule is C=CCN(CCCOc1cccc(C)c1)S(=O)(=O)c1ccc(NC(C)=O)cc1. The second-order valence-electron chi connectivity index (χ2n) is 6.38. The fraction of sp³-hybridized carbons (Fsp3) is 0.286. The third-order valence-corrected chi connectivity index (χ3v) is 5.83. The van der Waals surface area contributed by atoms with Crippen LogP contribution in [0.1, 0.15) is 18.9 Å². The predicted molar refractivity (Wildman–Crippen MR) is 111 cm³/mol. The van der Waals surface area contributed by atoms with E-state index in [1.807, 2.05) is 31.2 Å². The Bertz CT molecular complexity index is 908. The van der Waals surface area contributed by atoms with Crippen LogP contribution >= 0.6 is 0 Å². The van der Waals surface area contributed by atoms with Crippen molar-refractivity contribution < 1.29 is 17.9 Å². The van der Waals surface area contributed by atoms with Crippen LogP contribution in [-0.2, 0) is 14.8 Å². The molecule has 0 saturated heterocycles. The first-order valence-corrected chi connectivity index (χ1v) is 10.4. The quantitative estimate of drug-likeness (QED) is 0.487. The lowest BCUT2D eigenvalue weighted by Gasteiger charge is -2.21. The number of rotatable bonds is 10. The lowest BCUT2D eigenvalue weighted by atomic mass is 10.2. The molecule has 0 bridgehead atoms. The lowest BCUT2D eigenvalue weighted by molar-refractivity contribution is -0.114. The Morgan fingerprint density at radius 1 is 1.21 bits per heavy atom. The van der Waals surface area contributed by atoms with E-state index in [9.17, 15) is 13.2 Å². The Hall–Kier alpha value is -2.64. The van der Waals surface area contributed by atoms with Crippen molar-refractivity contribution >= 4 is 21.6 Å². The molecule has 6 nitrogen and oxygen atoms in total. The summed E-state index contributed by atoms with van der Waals surface area (Å²) >= 11 is 0. The highest BCUT2D eigenvalue weighted by Gasteiger charge is 2.23. The van der Waals surface area contributed by atoms with E-state index in [0.717, 1.165) is 11.3 Å². The first kappa shape index (κ1) is 21.7. The van der Waals surface area contributed by atoms with Crippen molar-refractivity contribution in [1.29, 1.82) is 0 Å². The van der Waals surface area contributed by atoms with E-state index in [-0.39, 0.29) is 17.3 Å². The zero-order valence-corrected chi connectivity index (χ0v) is 17.0. The minimum absolute atomic E-state index is 0.169. The van der Waals surface area contributed by atoms with E-state index in [4.69, 9.17) is 4.74 Å².